The van der Waals surface area contributed by atoms with Gasteiger partial charge in [0.05, 0.1) is 43.2 Å². The fourth-order valence-corrected chi connectivity index (χ4v) is 6.58. The zero-order valence-corrected chi connectivity index (χ0v) is 29.6. The van der Waals surface area contributed by atoms with Crippen LogP contribution in [0.2, 0.25) is 5.02 Å². The van der Waals surface area contributed by atoms with Gasteiger partial charge < -0.3 is 29.9 Å². The maximum atomic E-state index is 12.3. The topological polar surface area (TPSA) is 132 Å². The van der Waals surface area contributed by atoms with Crippen LogP contribution >= 0.6 is 11.6 Å². The lowest BCUT2D eigenvalue weighted by Gasteiger charge is -2.43. The molecule has 1 amide bonds. The highest BCUT2D eigenvalue weighted by Crippen LogP contribution is 2.35. The second kappa shape index (κ2) is 15.9. The van der Waals surface area contributed by atoms with Crippen molar-refractivity contribution >= 4 is 62.2 Å². The van der Waals surface area contributed by atoms with E-state index in [2.05, 4.69) is 43.4 Å². The van der Waals surface area contributed by atoms with Crippen LogP contribution < -0.4 is 24.6 Å². The zero-order chi connectivity index (χ0) is 34.3. The van der Waals surface area contributed by atoms with E-state index in [1.807, 2.05) is 17.0 Å². The third kappa shape index (κ3) is 8.71. The number of unbranched alkanes of at least 4 members (excludes halogenated alkanes) is 1. The Kier molecular flexibility index (Phi) is 11.7. The molecule has 5 rings (SSSR count). The number of methoxy groups -OCH3 is 1. The molecule has 48 heavy (non-hydrogen) atoms. The number of hydrogen-bond donors (Lipinski definition) is 2. The molecule has 2 aliphatic heterocycles. The molecular formula is C33H45ClN8O5S. The van der Waals surface area contributed by atoms with Crippen LogP contribution in [0, 0.1) is 0 Å². The first-order chi connectivity index (χ1) is 23.1. The molecule has 0 spiro atoms. The molecule has 0 atom stereocenters. The molecule has 0 radical (unpaired) electrons. The van der Waals surface area contributed by atoms with Gasteiger partial charge in [-0.1, -0.05) is 37.1 Å². The van der Waals surface area contributed by atoms with Gasteiger partial charge in [0.25, 0.3) is 0 Å². The summed E-state index contributed by atoms with van der Waals surface area (Å²) < 4.78 is 36.7. The SMILES string of the molecule is CCCCOC(=O)N1CCN(C2CCN(c3ccc(Nc4ncc(Cl)c(Nc5ccccc5N(C)S(C)(=O)=O)n4)c(OC)c3)CC2)CC1. The molecular weight excluding hydrogens is 656 g/mol. The molecule has 15 heteroatoms. The molecule has 3 heterocycles. The van der Waals surface area contributed by atoms with Gasteiger partial charge in [0.1, 0.15) is 10.8 Å². The first kappa shape index (κ1) is 35.3. The number of piperazine rings is 1. The summed E-state index contributed by atoms with van der Waals surface area (Å²) in [7, 11) is -0.372. The van der Waals surface area contributed by atoms with Gasteiger partial charge in [-0.15, -0.1) is 0 Å². The summed E-state index contributed by atoms with van der Waals surface area (Å²) in [6, 6.07) is 13.5. The number of piperidine rings is 1. The normalized spacial score (nSPS) is 16.0. The van der Waals surface area contributed by atoms with Crippen LogP contribution in [-0.2, 0) is 14.8 Å². The van der Waals surface area contributed by atoms with Crippen molar-refractivity contribution in [2.75, 3.05) is 86.1 Å². The lowest BCUT2D eigenvalue weighted by atomic mass is 10.0. The number of nitrogens with zero attached hydrogens (tertiary/aromatic N) is 6. The maximum absolute atomic E-state index is 12.3. The number of carbonyl (C=O) groups is 1. The van der Waals surface area contributed by atoms with Crippen LogP contribution in [0.4, 0.5) is 39.3 Å². The first-order valence-corrected chi connectivity index (χ1v) is 18.5. The Hall–Kier alpha value is -4.01. The van der Waals surface area contributed by atoms with Crippen molar-refractivity contribution in [3.05, 3.63) is 53.7 Å². The molecule has 0 unspecified atom stereocenters. The molecule has 1 aromatic heterocycles. The Morgan fingerprint density at radius 3 is 2.46 bits per heavy atom. The number of para-hydroxylation sites is 2. The number of rotatable bonds is 12. The Balaban J connectivity index is 1.19. The highest BCUT2D eigenvalue weighted by Gasteiger charge is 2.30. The van der Waals surface area contributed by atoms with E-state index in [4.69, 9.17) is 21.1 Å². The van der Waals surface area contributed by atoms with Crippen molar-refractivity contribution in [2.45, 2.75) is 38.6 Å². The van der Waals surface area contributed by atoms with Crippen LogP contribution in [0.3, 0.4) is 0 Å². The smallest absolute Gasteiger partial charge is 0.409 e. The van der Waals surface area contributed by atoms with Crippen molar-refractivity contribution in [1.82, 2.24) is 19.8 Å². The first-order valence-electron chi connectivity index (χ1n) is 16.3. The van der Waals surface area contributed by atoms with E-state index in [1.54, 1.807) is 31.4 Å². The van der Waals surface area contributed by atoms with Crippen LogP contribution in [0.1, 0.15) is 32.6 Å². The van der Waals surface area contributed by atoms with Gasteiger partial charge in [0.15, 0.2) is 5.82 Å². The quantitative estimate of drug-likeness (QED) is 0.231. The molecule has 2 fully saturated rings. The second-order valence-electron chi connectivity index (χ2n) is 12.0. The molecule has 0 bridgehead atoms. The molecule has 2 aromatic carbocycles. The Morgan fingerprint density at radius 2 is 1.77 bits per heavy atom. The average Bonchev–Trinajstić information content (AvgIpc) is 3.09. The number of benzene rings is 2. The molecule has 13 nitrogen and oxygen atoms in total. The molecule has 260 valence electrons. The summed E-state index contributed by atoms with van der Waals surface area (Å²) >= 11 is 6.44. The monoisotopic (exact) mass is 700 g/mol. The van der Waals surface area contributed by atoms with E-state index in [0.717, 1.165) is 63.8 Å². The summed E-state index contributed by atoms with van der Waals surface area (Å²) in [4.78, 5) is 27.9. The summed E-state index contributed by atoms with van der Waals surface area (Å²) in [6.07, 6.45) is 6.43. The van der Waals surface area contributed by atoms with E-state index in [0.29, 0.717) is 54.4 Å². The number of anilines is 6. The van der Waals surface area contributed by atoms with Crippen LogP contribution in [-0.4, -0.2) is 107 Å². The van der Waals surface area contributed by atoms with Crippen LogP contribution in [0.25, 0.3) is 0 Å². The summed E-state index contributed by atoms with van der Waals surface area (Å²) in [5.41, 5.74) is 2.73. The third-order valence-electron chi connectivity index (χ3n) is 8.81. The zero-order valence-electron chi connectivity index (χ0n) is 28.0. The maximum Gasteiger partial charge on any atom is 0.409 e. The highest BCUT2D eigenvalue weighted by molar-refractivity contribution is 7.92. The van der Waals surface area contributed by atoms with Crippen molar-refractivity contribution in [1.29, 1.82) is 0 Å². The average molecular weight is 701 g/mol. The van der Waals surface area contributed by atoms with Crippen molar-refractivity contribution in [3.8, 4) is 5.75 Å². The van der Waals surface area contributed by atoms with E-state index >= 15 is 0 Å². The third-order valence-corrected chi connectivity index (χ3v) is 10.3. The molecule has 3 aromatic rings. The minimum absolute atomic E-state index is 0.190. The van der Waals surface area contributed by atoms with Crippen molar-refractivity contribution in [2.24, 2.45) is 0 Å². The standard InChI is InChI=1S/C33H45ClN8O5S/c1-5-6-21-47-33(43)42-19-17-41(18-20-42)24-13-15-40(16-14-24)25-11-12-28(30(22-25)46-3)37-32-35-23-26(34)31(38-32)36-27-9-7-8-10-29(27)39(2)48(4,44)45/h7-12,22-24H,5-6,13-21H2,1-4H3,(H2,35,36,37,38). The predicted molar refractivity (Wildman–Crippen MR) is 191 cm³/mol. The van der Waals surface area contributed by atoms with Gasteiger partial charge in [0.2, 0.25) is 16.0 Å². The van der Waals surface area contributed by atoms with Gasteiger partial charge >= 0.3 is 6.09 Å². The number of amides is 1. The van der Waals surface area contributed by atoms with Gasteiger partial charge in [-0.3, -0.25) is 9.21 Å². The lowest BCUT2D eigenvalue weighted by molar-refractivity contribution is 0.0582. The largest absolute Gasteiger partial charge is 0.494 e. The number of ether oxygens (including phenoxy) is 2. The summed E-state index contributed by atoms with van der Waals surface area (Å²) in [6.45, 7) is 7.58. The number of nitrogens with one attached hydrogen (secondary N) is 2. The second-order valence-corrected chi connectivity index (χ2v) is 14.4. The summed E-state index contributed by atoms with van der Waals surface area (Å²) in [5.74, 6) is 1.25. The molecule has 2 aliphatic rings. The van der Waals surface area contributed by atoms with Gasteiger partial charge in [-0.2, -0.15) is 4.98 Å². The van der Waals surface area contributed by atoms with Gasteiger partial charge in [-0.05, 0) is 43.5 Å². The summed E-state index contributed by atoms with van der Waals surface area (Å²) in [5, 5.41) is 6.65. The number of hydrogen-bond acceptors (Lipinski definition) is 11. The number of aromatic nitrogens is 2. The molecule has 2 saturated heterocycles. The Morgan fingerprint density at radius 1 is 1.04 bits per heavy atom. The predicted octanol–water partition coefficient (Wildman–Crippen LogP) is 5.54. The molecule has 2 N–H and O–H groups in total. The number of halogens is 1. The van der Waals surface area contributed by atoms with E-state index < -0.39 is 10.0 Å². The molecule has 0 aliphatic carbocycles. The van der Waals surface area contributed by atoms with E-state index in [1.165, 1.54) is 17.5 Å². The Bertz CT molecular complexity index is 1660. The Labute approximate surface area is 288 Å². The van der Waals surface area contributed by atoms with Crippen molar-refractivity contribution < 1.29 is 22.7 Å². The van der Waals surface area contributed by atoms with Gasteiger partial charge in [-0.25, -0.2) is 18.2 Å². The highest BCUT2D eigenvalue weighted by atomic mass is 35.5. The fourth-order valence-electron chi connectivity index (χ4n) is 5.93. The molecule has 0 saturated carbocycles. The van der Waals surface area contributed by atoms with Gasteiger partial charge in [0, 0.05) is 64.1 Å². The minimum atomic E-state index is -3.48. The lowest BCUT2D eigenvalue weighted by Crippen LogP contribution is -2.54. The number of sulfonamides is 1. The fraction of sp³-hybridized carbons (Fsp3) is 0.485. The minimum Gasteiger partial charge on any atom is -0.494 e. The van der Waals surface area contributed by atoms with Crippen LogP contribution in [0.15, 0.2) is 48.7 Å². The van der Waals surface area contributed by atoms with E-state index in [9.17, 15) is 13.2 Å². The van der Waals surface area contributed by atoms with Crippen molar-refractivity contribution in [3.63, 3.8) is 0 Å². The van der Waals surface area contributed by atoms with Crippen LogP contribution in [0.5, 0.6) is 5.75 Å². The number of carbonyl (C=O) groups excluding carboxylic acids is 1. The van der Waals surface area contributed by atoms with E-state index in [-0.39, 0.29) is 17.1 Å².